The van der Waals surface area contributed by atoms with Gasteiger partial charge in [-0.2, -0.15) is 5.26 Å². The van der Waals surface area contributed by atoms with E-state index in [1.165, 1.54) is 68.1 Å². The summed E-state index contributed by atoms with van der Waals surface area (Å²) in [5, 5.41) is 8.98. The zero-order chi connectivity index (χ0) is 20.5. The molecular weight excluding hydrogens is 350 g/mol. The fourth-order valence-corrected chi connectivity index (χ4v) is 5.00. The Morgan fingerprint density at radius 2 is 1.59 bits per heavy atom. The second-order valence-electron chi connectivity index (χ2n) is 8.72. The molecule has 1 aliphatic carbocycles. The normalized spacial score (nSPS) is 20.0. The van der Waals surface area contributed by atoms with Gasteiger partial charge in [-0.3, -0.25) is 0 Å². The highest BCUT2D eigenvalue weighted by molar-refractivity contribution is 5.64. The van der Waals surface area contributed by atoms with Crippen LogP contribution in [0, 0.1) is 23.2 Å². The van der Waals surface area contributed by atoms with Gasteiger partial charge in [0.1, 0.15) is 0 Å². The molecule has 0 bridgehead atoms. The van der Waals surface area contributed by atoms with Crippen molar-refractivity contribution >= 4 is 0 Å². The van der Waals surface area contributed by atoms with Crippen molar-refractivity contribution in [2.24, 2.45) is 11.8 Å². The second kappa shape index (κ2) is 11.0. The van der Waals surface area contributed by atoms with Crippen molar-refractivity contribution in [1.29, 1.82) is 5.26 Å². The lowest BCUT2D eigenvalue weighted by atomic mass is 9.71. The molecule has 1 fully saturated rings. The minimum atomic E-state index is 0.596. The van der Waals surface area contributed by atoms with Gasteiger partial charge in [-0.05, 0) is 65.8 Å². The summed E-state index contributed by atoms with van der Waals surface area (Å²) >= 11 is 0. The molecule has 1 aliphatic rings. The van der Waals surface area contributed by atoms with E-state index in [-0.39, 0.29) is 0 Å². The molecule has 0 spiro atoms. The van der Waals surface area contributed by atoms with Crippen LogP contribution in [0.3, 0.4) is 0 Å². The van der Waals surface area contributed by atoms with Crippen LogP contribution in [-0.4, -0.2) is 0 Å². The fourth-order valence-electron chi connectivity index (χ4n) is 5.00. The van der Waals surface area contributed by atoms with Gasteiger partial charge in [0.2, 0.25) is 0 Å². The van der Waals surface area contributed by atoms with E-state index in [9.17, 15) is 0 Å². The van der Waals surface area contributed by atoms with E-state index in [0.29, 0.717) is 11.5 Å². The van der Waals surface area contributed by atoms with Gasteiger partial charge >= 0.3 is 0 Å². The standard InChI is InChI=1S/C28H35N/c1-3-5-6-8-22-9-15-26(16-10-22)28(7-4-2)27-19-17-25(18-20-27)24-13-11-23(21-29)12-14-24/h4,11-14,17-20,22,26,28H,2-3,5-10,15-16H2,1H3. The number of allylic oxidation sites excluding steroid dienone is 1. The summed E-state index contributed by atoms with van der Waals surface area (Å²) in [4.78, 5) is 0. The highest BCUT2D eigenvalue weighted by Crippen LogP contribution is 2.41. The number of hydrogen-bond donors (Lipinski definition) is 0. The lowest BCUT2D eigenvalue weighted by Gasteiger charge is -2.34. The van der Waals surface area contributed by atoms with Crippen molar-refractivity contribution in [3.05, 3.63) is 72.3 Å². The lowest BCUT2D eigenvalue weighted by molar-refractivity contribution is 0.230. The Hall–Kier alpha value is -2.33. The van der Waals surface area contributed by atoms with Crippen LogP contribution in [0.5, 0.6) is 0 Å². The molecule has 1 nitrogen and oxygen atoms in total. The summed E-state index contributed by atoms with van der Waals surface area (Å²) < 4.78 is 0. The van der Waals surface area contributed by atoms with Gasteiger partial charge in [0.15, 0.2) is 0 Å². The number of rotatable bonds is 9. The zero-order valence-corrected chi connectivity index (χ0v) is 17.9. The minimum Gasteiger partial charge on any atom is -0.192 e. The zero-order valence-electron chi connectivity index (χ0n) is 17.9. The molecule has 1 heteroatoms. The van der Waals surface area contributed by atoms with E-state index >= 15 is 0 Å². The highest BCUT2D eigenvalue weighted by Gasteiger charge is 2.27. The fraction of sp³-hybridized carbons (Fsp3) is 0.464. The molecule has 1 unspecified atom stereocenters. The van der Waals surface area contributed by atoms with Gasteiger partial charge in [0.05, 0.1) is 11.6 Å². The smallest absolute Gasteiger partial charge is 0.0991 e. The summed E-state index contributed by atoms with van der Waals surface area (Å²) in [6, 6.07) is 19.2. The second-order valence-corrected chi connectivity index (χ2v) is 8.72. The quantitative estimate of drug-likeness (QED) is 0.315. The summed E-state index contributed by atoms with van der Waals surface area (Å²) in [5.41, 5.74) is 4.55. The van der Waals surface area contributed by atoms with E-state index < -0.39 is 0 Å². The summed E-state index contributed by atoms with van der Waals surface area (Å²) in [6.45, 7) is 6.34. The Morgan fingerprint density at radius 1 is 0.966 bits per heavy atom. The summed E-state index contributed by atoms with van der Waals surface area (Å²) in [5.74, 6) is 2.34. The molecule has 0 saturated heterocycles. The third-order valence-electron chi connectivity index (χ3n) is 6.78. The van der Waals surface area contributed by atoms with Gasteiger partial charge in [0.25, 0.3) is 0 Å². The molecule has 1 atom stereocenters. The molecule has 3 rings (SSSR count). The molecule has 0 amide bonds. The van der Waals surface area contributed by atoms with Crippen molar-refractivity contribution in [2.45, 2.75) is 70.6 Å². The first-order valence-corrected chi connectivity index (χ1v) is 11.5. The van der Waals surface area contributed by atoms with Crippen molar-refractivity contribution in [1.82, 2.24) is 0 Å². The largest absolute Gasteiger partial charge is 0.192 e. The van der Waals surface area contributed by atoms with Crippen LogP contribution in [0.25, 0.3) is 11.1 Å². The van der Waals surface area contributed by atoms with Crippen LogP contribution >= 0.6 is 0 Å². The first-order valence-electron chi connectivity index (χ1n) is 11.5. The topological polar surface area (TPSA) is 23.8 Å². The molecule has 0 radical (unpaired) electrons. The molecule has 0 aromatic heterocycles. The third-order valence-corrected chi connectivity index (χ3v) is 6.78. The van der Waals surface area contributed by atoms with Crippen LogP contribution in [0.15, 0.2) is 61.2 Å². The van der Waals surface area contributed by atoms with E-state index in [4.69, 9.17) is 5.26 Å². The van der Waals surface area contributed by atoms with E-state index in [0.717, 1.165) is 18.3 Å². The van der Waals surface area contributed by atoms with Crippen LogP contribution in [-0.2, 0) is 0 Å². The van der Waals surface area contributed by atoms with Gasteiger partial charge in [0, 0.05) is 0 Å². The summed E-state index contributed by atoms with van der Waals surface area (Å²) in [7, 11) is 0. The number of hydrogen-bond acceptors (Lipinski definition) is 1. The van der Waals surface area contributed by atoms with Crippen molar-refractivity contribution in [3.63, 3.8) is 0 Å². The first kappa shape index (κ1) is 21.4. The van der Waals surface area contributed by atoms with Crippen molar-refractivity contribution in [2.75, 3.05) is 0 Å². The molecule has 2 aromatic rings. The molecule has 29 heavy (non-hydrogen) atoms. The average molecular weight is 386 g/mol. The van der Waals surface area contributed by atoms with Crippen molar-refractivity contribution < 1.29 is 0 Å². The number of unbranched alkanes of at least 4 members (excludes halogenated alkanes) is 2. The maximum absolute atomic E-state index is 8.98. The molecule has 0 aliphatic heterocycles. The molecule has 1 saturated carbocycles. The first-order chi connectivity index (χ1) is 14.2. The number of nitrogens with zero attached hydrogens (tertiary/aromatic N) is 1. The van der Waals surface area contributed by atoms with E-state index in [2.05, 4.69) is 49.9 Å². The SMILES string of the molecule is C=CCC(c1ccc(-c2ccc(C#N)cc2)cc1)C1CCC(CCCCC)CC1. The number of nitriles is 1. The third kappa shape index (κ3) is 5.83. The maximum Gasteiger partial charge on any atom is 0.0991 e. The van der Waals surface area contributed by atoms with E-state index in [1.54, 1.807) is 0 Å². The van der Waals surface area contributed by atoms with Gasteiger partial charge in [-0.15, -0.1) is 6.58 Å². The Bertz CT molecular complexity index is 786. The molecule has 152 valence electrons. The molecule has 2 aromatic carbocycles. The predicted octanol–water partition coefficient (Wildman–Crippen LogP) is 8.27. The average Bonchev–Trinajstić information content (AvgIpc) is 2.78. The maximum atomic E-state index is 8.98. The van der Waals surface area contributed by atoms with E-state index in [1.807, 2.05) is 24.3 Å². The monoisotopic (exact) mass is 385 g/mol. The van der Waals surface area contributed by atoms with Crippen LogP contribution in [0.1, 0.15) is 81.8 Å². The van der Waals surface area contributed by atoms with Crippen LogP contribution < -0.4 is 0 Å². The van der Waals surface area contributed by atoms with Gasteiger partial charge < -0.3 is 0 Å². The summed E-state index contributed by atoms with van der Waals surface area (Å²) in [6.07, 6.45) is 14.3. The Kier molecular flexibility index (Phi) is 8.12. The van der Waals surface area contributed by atoms with Crippen LogP contribution in [0.2, 0.25) is 0 Å². The number of benzene rings is 2. The van der Waals surface area contributed by atoms with Crippen molar-refractivity contribution in [3.8, 4) is 17.2 Å². The molecule has 0 N–H and O–H groups in total. The van der Waals surface area contributed by atoms with Gasteiger partial charge in [-0.25, -0.2) is 0 Å². The Balaban J connectivity index is 1.64. The Labute approximate surface area is 177 Å². The van der Waals surface area contributed by atoms with Gasteiger partial charge in [-0.1, -0.05) is 87.9 Å². The molecular formula is C28H35N. The molecule has 0 heterocycles. The van der Waals surface area contributed by atoms with Crippen LogP contribution in [0.4, 0.5) is 0 Å². The highest BCUT2D eigenvalue weighted by atomic mass is 14.3. The lowest BCUT2D eigenvalue weighted by Crippen LogP contribution is -2.20. The minimum absolute atomic E-state index is 0.596. The predicted molar refractivity (Wildman–Crippen MR) is 124 cm³/mol. The Morgan fingerprint density at radius 3 is 2.14 bits per heavy atom.